The monoisotopic (exact) mass is 524 g/mol. The van der Waals surface area contributed by atoms with E-state index in [1.54, 1.807) is 23.2 Å². The summed E-state index contributed by atoms with van der Waals surface area (Å²) in [5, 5.41) is 10.6. The number of halogens is 1. The number of benzene rings is 2. The third-order valence-electron chi connectivity index (χ3n) is 7.34. The molecular weight excluding hydrogens is 496 g/mol. The summed E-state index contributed by atoms with van der Waals surface area (Å²) in [5.41, 5.74) is 14.1. The summed E-state index contributed by atoms with van der Waals surface area (Å²) in [5.74, 6) is 0.526. The number of pyridine rings is 1. The molecule has 0 radical (unpaired) electrons. The fourth-order valence-electron chi connectivity index (χ4n) is 5.40. The number of aromatic nitrogens is 1. The minimum atomic E-state index is -0.562. The zero-order valence-electron chi connectivity index (χ0n) is 21.7. The van der Waals surface area contributed by atoms with Crippen molar-refractivity contribution < 1.29 is 9.53 Å². The third-order valence-corrected chi connectivity index (χ3v) is 7.64. The van der Waals surface area contributed by atoms with Gasteiger partial charge in [-0.15, -0.1) is 0 Å². The first-order valence-corrected chi connectivity index (χ1v) is 13.0. The fraction of sp³-hybridized carbons (Fsp3) is 0.258. The molecule has 1 aliphatic heterocycles. The maximum absolute atomic E-state index is 13.5. The van der Waals surface area contributed by atoms with Crippen molar-refractivity contribution in [3.63, 3.8) is 0 Å². The first kappa shape index (κ1) is 25.6. The molecule has 0 saturated heterocycles. The lowest BCUT2D eigenvalue weighted by molar-refractivity contribution is -0.116. The maximum Gasteiger partial charge on any atom is 0.161 e. The Morgan fingerprint density at radius 1 is 1.13 bits per heavy atom. The van der Waals surface area contributed by atoms with Crippen LogP contribution in [0.2, 0.25) is 5.15 Å². The van der Waals surface area contributed by atoms with Gasteiger partial charge in [0.25, 0.3) is 0 Å². The van der Waals surface area contributed by atoms with Crippen LogP contribution < -0.4 is 15.4 Å². The van der Waals surface area contributed by atoms with Gasteiger partial charge in [0.1, 0.15) is 18.2 Å². The molecule has 0 spiro atoms. The first-order valence-electron chi connectivity index (χ1n) is 12.7. The SMILES string of the molecule is Cc1ccc(OCc2cc(C3C(C#N)=C(N)N(c4cccnc4Cl)C4=C3C(=O)CCC4)c(C)cc2C)cc1. The molecule has 2 heterocycles. The van der Waals surface area contributed by atoms with E-state index in [0.29, 0.717) is 42.7 Å². The van der Waals surface area contributed by atoms with Crippen LogP contribution >= 0.6 is 11.6 Å². The second-order valence-electron chi connectivity index (χ2n) is 9.87. The standard InChI is InChI=1S/C31H29ClN4O2/c1-18-9-11-22(12-10-18)38-17-21-15-23(20(3)14-19(21)2)28-24(16-33)31(34)36(26-7-5-13-35-30(26)32)25-6-4-8-27(37)29(25)28/h5,7,9-15,28H,4,6,8,17,34H2,1-3H3. The molecule has 2 aromatic carbocycles. The highest BCUT2D eigenvalue weighted by molar-refractivity contribution is 6.32. The summed E-state index contributed by atoms with van der Waals surface area (Å²) in [6, 6.07) is 18.0. The van der Waals surface area contributed by atoms with Crippen molar-refractivity contribution in [2.24, 2.45) is 5.73 Å². The quantitative estimate of drug-likeness (QED) is 0.381. The molecule has 1 aliphatic carbocycles. The van der Waals surface area contributed by atoms with Crippen LogP contribution in [0, 0.1) is 32.1 Å². The lowest BCUT2D eigenvalue weighted by Gasteiger charge is -2.40. The Balaban J connectivity index is 1.63. The molecule has 1 aromatic heterocycles. The molecule has 7 heteroatoms. The number of allylic oxidation sites excluding steroid dienone is 3. The number of rotatable bonds is 5. The predicted molar refractivity (Wildman–Crippen MR) is 149 cm³/mol. The minimum absolute atomic E-state index is 0.0268. The number of nitrogens with zero attached hydrogens (tertiary/aromatic N) is 3. The van der Waals surface area contributed by atoms with Gasteiger partial charge in [-0.2, -0.15) is 5.26 Å². The van der Waals surface area contributed by atoms with Gasteiger partial charge in [0.2, 0.25) is 0 Å². The normalized spacial score (nSPS) is 17.4. The van der Waals surface area contributed by atoms with Crippen LogP contribution in [-0.2, 0) is 11.4 Å². The van der Waals surface area contributed by atoms with Crippen molar-refractivity contribution >= 4 is 23.1 Å². The van der Waals surface area contributed by atoms with E-state index in [-0.39, 0.29) is 16.8 Å². The number of ketones is 1. The van der Waals surface area contributed by atoms with E-state index in [1.165, 1.54) is 5.56 Å². The Bertz CT molecular complexity index is 1530. The number of ether oxygens (including phenoxy) is 1. The van der Waals surface area contributed by atoms with E-state index < -0.39 is 5.92 Å². The van der Waals surface area contributed by atoms with Crippen LogP contribution in [-0.4, -0.2) is 10.8 Å². The zero-order chi connectivity index (χ0) is 27.0. The van der Waals surface area contributed by atoms with Crippen LogP contribution in [0.3, 0.4) is 0 Å². The average Bonchev–Trinajstić information content (AvgIpc) is 2.89. The lowest BCUT2D eigenvalue weighted by atomic mass is 9.74. The average molecular weight is 525 g/mol. The molecule has 1 unspecified atom stereocenters. The molecule has 0 bridgehead atoms. The summed E-state index contributed by atoms with van der Waals surface area (Å²) >= 11 is 6.46. The highest BCUT2D eigenvalue weighted by Gasteiger charge is 2.41. The maximum atomic E-state index is 13.5. The van der Waals surface area contributed by atoms with Gasteiger partial charge in [-0.25, -0.2) is 4.98 Å². The van der Waals surface area contributed by atoms with E-state index in [0.717, 1.165) is 33.7 Å². The van der Waals surface area contributed by atoms with Gasteiger partial charge in [-0.1, -0.05) is 41.4 Å². The van der Waals surface area contributed by atoms with Crippen LogP contribution in [0.15, 0.2) is 77.4 Å². The van der Waals surface area contributed by atoms with Crippen molar-refractivity contribution in [2.75, 3.05) is 4.90 Å². The smallest absolute Gasteiger partial charge is 0.161 e. The van der Waals surface area contributed by atoms with Crippen LogP contribution in [0.5, 0.6) is 5.75 Å². The molecule has 0 amide bonds. The molecule has 6 nitrogen and oxygen atoms in total. The van der Waals surface area contributed by atoms with Gasteiger partial charge in [0, 0.05) is 23.9 Å². The highest BCUT2D eigenvalue weighted by atomic mass is 35.5. The van der Waals surface area contributed by atoms with E-state index >= 15 is 0 Å². The predicted octanol–water partition coefficient (Wildman–Crippen LogP) is 6.54. The van der Waals surface area contributed by atoms with Crippen LogP contribution in [0.1, 0.15) is 53.0 Å². The van der Waals surface area contributed by atoms with E-state index in [4.69, 9.17) is 22.1 Å². The molecule has 5 rings (SSSR count). The molecular formula is C31H29ClN4O2. The van der Waals surface area contributed by atoms with Crippen molar-refractivity contribution in [3.05, 3.63) is 110 Å². The van der Waals surface area contributed by atoms with E-state index in [2.05, 4.69) is 23.2 Å². The highest BCUT2D eigenvalue weighted by Crippen LogP contribution is 2.48. The Hall–Kier alpha value is -4.08. The third kappa shape index (κ3) is 4.55. The fourth-order valence-corrected chi connectivity index (χ4v) is 5.60. The molecule has 1 atom stereocenters. The summed E-state index contributed by atoms with van der Waals surface area (Å²) in [4.78, 5) is 19.5. The molecule has 38 heavy (non-hydrogen) atoms. The molecule has 2 aliphatic rings. The molecule has 192 valence electrons. The number of hydrogen-bond acceptors (Lipinski definition) is 6. The number of nitrogens with two attached hydrogens (primary N) is 1. The van der Waals surface area contributed by atoms with Crippen molar-refractivity contribution in [2.45, 2.75) is 52.6 Å². The van der Waals surface area contributed by atoms with Crippen molar-refractivity contribution in [1.29, 1.82) is 5.26 Å². The van der Waals surface area contributed by atoms with Gasteiger partial charge in [-0.05, 0) is 80.1 Å². The summed E-state index contributed by atoms with van der Waals surface area (Å²) < 4.78 is 6.09. The number of anilines is 1. The molecule has 0 saturated carbocycles. The van der Waals surface area contributed by atoms with Gasteiger partial charge >= 0.3 is 0 Å². The Labute approximate surface area is 228 Å². The van der Waals surface area contributed by atoms with E-state index in [1.807, 2.05) is 45.0 Å². The summed E-state index contributed by atoms with van der Waals surface area (Å²) in [6.45, 7) is 6.46. The van der Waals surface area contributed by atoms with Crippen LogP contribution in [0.4, 0.5) is 5.69 Å². The van der Waals surface area contributed by atoms with E-state index in [9.17, 15) is 10.1 Å². The number of nitriles is 1. The largest absolute Gasteiger partial charge is 0.489 e. The molecule has 2 N–H and O–H groups in total. The lowest BCUT2D eigenvalue weighted by Crippen LogP contribution is -2.39. The minimum Gasteiger partial charge on any atom is -0.489 e. The first-order chi connectivity index (χ1) is 18.3. The number of Topliss-reactive ketones (excluding diaryl/α,β-unsaturated/α-hetero) is 1. The topological polar surface area (TPSA) is 92.2 Å². The Kier molecular flexibility index (Phi) is 6.96. The summed E-state index contributed by atoms with van der Waals surface area (Å²) in [6.07, 6.45) is 3.38. The molecule has 0 fully saturated rings. The van der Waals surface area contributed by atoms with Crippen molar-refractivity contribution in [3.8, 4) is 11.8 Å². The Morgan fingerprint density at radius 3 is 2.61 bits per heavy atom. The number of carbonyl (C=O) groups excluding carboxylic acids is 1. The van der Waals surface area contributed by atoms with Gasteiger partial charge < -0.3 is 10.5 Å². The van der Waals surface area contributed by atoms with Gasteiger partial charge in [0.05, 0.1) is 23.2 Å². The number of carbonyl (C=O) groups is 1. The Morgan fingerprint density at radius 2 is 1.89 bits per heavy atom. The van der Waals surface area contributed by atoms with Gasteiger partial charge in [-0.3, -0.25) is 9.69 Å². The number of hydrogen-bond donors (Lipinski definition) is 1. The number of aryl methyl sites for hydroxylation is 3. The van der Waals surface area contributed by atoms with Crippen LogP contribution in [0.25, 0.3) is 0 Å². The van der Waals surface area contributed by atoms with Gasteiger partial charge in [0.15, 0.2) is 10.9 Å². The summed E-state index contributed by atoms with van der Waals surface area (Å²) in [7, 11) is 0. The second-order valence-corrected chi connectivity index (χ2v) is 10.2. The van der Waals surface area contributed by atoms with Crippen molar-refractivity contribution in [1.82, 2.24) is 4.98 Å². The second kappa shape index (κ2) is 10.4. The molecule has 3 aromatic rings. The zero-order valence-corrected chi connectivity index (χ0v) is 22.5.